The van der Waals surface area contributed by atoms with Crippen molar-refractivity contribution in [1.29, 1.82) is 0 Å². The van der Waals surface area contributed by atoms with Gasteiger partial charge in [0, 0.05) is 25.6 Å². The lowest BCUT2D eigenvalue weighted by Gasteiger charge is -2.19. The number of benzene rings is 1. The normalized spacial score (nSPS) is 12.2. The highest BCUT2D eigenvalue weighted by Crippen LogP contribution is 2.16. The van der Waals surface area contributed by atoms with Gasteiger partial charge in [0.2, 0.25) is 0 Å². The minimum Gasteiger partial charge on any atom is -0.351 e. The van der Waals surface area contributed by atoms with E-state index in [4.69, 9.17) is 0 Å². The topological polar surface area (TPSA) is 67.1 Å². The Morgan fingerprint density at radius 2 is 2.04 bits per heavy atom. The Kier molecular flexibility index (Phi) is 7.78. The molecule has 0 saturated heterocycles. The summed E-state index contributed by atoms with van der Waals surface area (Å²) in [6, 6.07) is 14.3. The first-order valence-corrected chi connectivity index (χ1v) is 8.65. The number of rotatable bonds is 5. The lowest BCUT2D eigenvalue weighted by molar-refractivity contribution is 0.681. The van der Waals surface area contributed by atoms with E-state index in [-0.39, 0.29) is 30.0 Å². The van der Waals surface area contributed by atoms with Gasteiger partial charge in [-0.15, -0.1) is 24.0 Å². The van der Waals surface area contributed by atoms with E-state index >= 15 is 0 Å². The third-order valence-corrected chi connectivity index (χ3v) is 4.26. The molecule has 3 rings (SSSR count). The van der Waals surface area contributed by atoms with E-state index < -0.39 is 0 Å². The largest absolute Gasteiger partial charge is 0.351 e. The van der Waals surface area contributed by atoms with Crippen molar-refractivity contribution in [2.75, 3.05) is 7.05 Å². The highest BCUT2D eigenvalue weighted by atomic mass is 127. The second-order valence-corrected chi connectivity index (χ2v) is 6.10. The molecule has 0 radical (unpaired) electrons. The number of hydrogen-bond donors (Lipinski definition) is 2. The van der Waals surface area contributed by atoms with Crippen molar-refractivity contribution < 1.29 is 0 Å². The number of halogens is 1. The number of guanidine groups is 1. The molecule has 0 fully saturated rings. The summed E-state index contributed by atoms with van der Waals surface area (Å²) in [5.41, 5.74) is 4.38. The van der Waals surface area contributed by atoms with Crippen LogP contribution in [-0.2, 0) is 6.54 Å². The lowest BCUT2D eigenvalue weighted by Crippen LogP contribution is -2.38. The molecule has 142 valence electrons. The number of hydrogen-bond acceptors (Lipinski definition) is 3. The first-order chi connectivity index (χ1) is 12.7. The zero-order valence-electron chi connectivity index (χ0n) is 15.8. The van der Waals surface area contributed by atoms with Gasteiger partial charge in [0.15, 0.2) is 5.96 Å². The van der Waals surface area contributed by atoms with Crippen LogP contribution in [0.5, 0.6) is 0 Å². The van der Waals surface area contributed by atoms with Crippen molar-refractivity contribution >= 4 is 29.9 Å². The van der Waals surface area contributed by atoms with E-state index in [1.807, 2.05) is 41.3 Å². The molecule has 0 aliphatic rings. The standard InChI is InChI=1S/C20H24N6.HI/c1-15-7-5-10-22-19(15)14-23-20(21-3)25-16(2)17-8-4-9-18(13-17)26-12-6-11-24-26;/h4-13,16H,14H2,1-3H3,(H2,21,23,25);1H. The Balaban J connectivity index is 0.00000261. The number of aliphatic imine (C=N–C) groups is 1. The predicted molar refractivity (Wildman–Crippen MR) is 120 cm³/mol. The molecule has 7 heteroatoms. The highest BCUT2D eigenvalue weighted by Gasteiger charge is 2.10. The summed E-state index contributed by atoms with van der Waals surface area (Å²) in [5.74, 6) is 0.743. The quantitative estimate of drug-likeness (QED) is 0.336. The molecule has 3 aromatic rings. The molecule has 6 nitrogen and oxygen atoms in total. The predicted octanol–water partition coefficient (Wildman–Crippen LogP) is 3.62. The van der Waals surface area contributed by atoms with Crippen LogP contribution in [0.15, 0.2) is 66.0 Å². The van der Waals surface area contributed by atoms with Gasteiger partial charge >= 0.3 is 0 Å². The molecule has 2 aromatic heterocycles. The number of nitrogens with zero attached hydrogens (tertiary/aromatic N) is 4. The molecule has 2 heterocycles. The summed E-state index contributed by atoms with van der Waals surface area (Å²) in [4.78, 5) is 8.73. The van der Waals surface area contributed by atoms with Crippen molar-refractivity contribution in [1.82, 2.24) is 25.4 Å². The van der Waals surface area contributed by atoms with Gasteiger partial charge in [-0.2, -0.15) is 5.10 Å². The van der Waals surface area contributed by atoms with Crippen LogP contribution in [0.4, 0.5) is 0 Å². The van der Waals surface area contributed by atoms with Gasteiger partial charge in [-0.1, -0.05) is 18.2 Å². The van der Waals surface area contributed by atoms with Crippen molar-refractivity contribution in [2.45, 2.75) is 26.4 Å². The molecule has 1 unspecified atom stereocenters. The molecule has 2 N–H and O–H groups in total. The Hall–Kier alpha value is -2.42. The van der Waals surface area contributed by atoms with Crippen molar-refractivity contribution in [2.24, 2.45) is 4.99 Å². The molecule has 0 spiro atoms. The molecule has 0 aliphatic carbocycles. The molecule has 0 bridgehead atoms. The van der Waals surface area contributed by atoms with E-state index in [0.717, 1.165) is 28.5 Å². The molecular weight excluding hydrogens is 451 g/mol. The Morgan fingerprint density at radius 3 is 2.74 bits per heavy atom. The Labute approximate surface area is 177 Å². The smallest absolute Gasteiger partial charge is 0.191 e. The number of aromatic nitrogens is 3. The van der Waals surface area contributed by atoms with Gasteiger partial charge in [-0.25, -0.2) is 4.68 Å². The van der Waals surface area contributed by atoms with E-state index in [2.05, 4.69) is 57.8 Å². The van der Waals surface area contributed by atoms with Crippen LogP contribution in [0.2, 0.25) is 0 Å². The highest BCUT2D eigenvalue weighted by molar-refractivity contribution is 14.0. The Bertz CT molecular complexity index is 876. The van der Waals surface area contributed by atoms with Crippen LogP contribution in [0.1, 0.15) is 29.8 Å². The zero-order valence-corrected chi connectivity index (χ0v) is 18.1. The minimum absolute atomic E-state index is 0. The average molecular weight is 476 g/mol. The van der Waals surface area contributed by atoms with Gasteiger partial charge < -0.3 is 10.6 Å². The van der Waals surface area contributed by atoms with Crippen molar-refractivity contribution in [3.8, 4) is 5.69 Å². The van der Waals surface area contributed by atoms with Crippen molar-refractivity contribution in [3.05, 3.63) is 77.9 Å². The summed E-state index contributed by atoms with van der Waals surface area (Å²) in [6.45, 7) is 4.80. The molecule has 0 saturated carbocycles. The van der Waals surface area contributed by atoms with Gasteiger partial charge in [0.25, 0.3) is 0 Å². The summed E-state index contributed by atoms with van der Waals surface area (Å²) >= 11 is 0. The zero-order chi connectivity index (χ0) is 18.4. The van der Waals surface area contributed by atoms with Crippen molar-refractivity contribution in [3.63, 3.8) is 0 Å². The first kappa shape index (κ1) is 20.9. The van der Waals surface area contributed by atoms with E-state index in [0.29, 0.717) is 6.54 Å². The maximum absolute atomic E-state index is 4.41. The summed E-state index contributed by atoms with van der Waals surface area (Å²) in [5, 5.41) is 11.0. The number of pyridine rings is 1. The van der Waals surface area contributed by atoms with Crippen LogP contribution in [-0.4, -0.2) is 27.8 Å². The second kappa shape index (κ2) is 10.1. The van der Waals surface area contributed by atoms with E-state index in [9.17, 15) is 0 Å². The van der Waals surface area contributed by atoms with Gasteiger partial charge in [-0.05, 0) is 49.2 Å². The van der Waals surface area contributed by atoms with Crippen LogP contribution in [0, 0.1) is 6.92 Å². The molecule has 1 aromatic carbocycles. The third-order valence-electron chi connectivity index (χ3n) is 4.26. The Morgan fingerprint density at radius 1 is 1.19 bits per heavy atom. The maximum Gasteiger partial charge on any atom is 0.191 e. The average Bonchev–Trinajstić information content (AvgIpc) is 3.21. The summed E-state index contributed by atoms with van der Waals surface area (Å²) in [7, 11) is 1.77. The molecule has 0 aliphatic heterocycles. The fourth-order valence-electron chi connectivity index (χ4n) is 2.71. The number of aryl methyl sites for hydroxylation is 1. The SMILES string of the molecule is CN=C(NCc1ncccc1C)NC(C)c1cccc(-n2cccn2)c1.I. The summed E-state index contributed by atoms with van der Waals surface area (Å²) in [6.07, 6.45) is 5.52. The molecular formula is C20H25IN6. The van der Waals surface area contributed by atoms with E-state index in [1.54, 1.807) is 13.2 Å². The third kappa shape index (κ3) is 5.53. The van der Waals surface area contributed by atoms with Crippen LogP contribution >= 0.6 is 24.0 Å². The van der Waals surface area contributed by atoms with Crippen LogP contribution < -0.4 is 10.6 Å². The maximum atomic E-state index is 4.41. The fourth-order valence-corrected chi connectivity index (χ4v) is 2.71. The molecule has 0 amide bonds. The van der Waals surface area contributed by atoms with Crippen LogP contribution in [0.3, 0.4) is 0 Å². The fraction of sp³-hybridized carbons (Fsp3) is 0.250. The van der Waals surface area contributed by atoms with Gasteiger partial charge in [0.05, 0.1) is 24.0 Å². The molecule has 27 heavy (non-hydrogen) atoms. The second-order valence-electron chi connectivity index (χ2n) is 6.10. The monoisotopic (exact) mass is 476 g/mol. The first-order valence-electron chi connectivity index (χ1n) is 8.65. The number of nitrogens with one attached hydrogen (secondary N) is 2. The minimum atomic E-state index is 0. The molecule has 1 atom stereocenters. The van der Waals surface area contributed by atoms with Gasteiger partial charge in [-0.3, -0.25) is 9.98 Å². The summed E-state index contributed by atoms with van der Waals surface area (Å²) < 4.78 is 1.85. The van der Waals surface area contributed by atoms with Crippen LogP contribution in [0.25, 0.3) is 5.69 Å². The van der Waals surface area contributed by atoms with E-state index in [1.165, 1.54) is 0 Å². The lowest BCUT2D eigenvalue weighted by atomic mass is 10.1. The van der Waals surface area contributed by atoms with Gasteiger partial charge in [0.1, 0.15) is 0 Å².